The number of aromatic nitrogens is 3. The number of hydrogen-bond donors (Lipinski definition) is 1. The molecule has 3 aromatic rings. The SMILES string of the molecule is COc1ccc2ncc(F)c(CCN3CCC(C)(NCc4cc5c(cn4)OCCO5)CC3)c2n1. The normalized spacial score (nSPS) is 17.6. The molecule has 0 spiro atoms. The van der Waals surface area contributed by atoms with Gasteiger partial charge >= 0.3 is 0 Å². The van der Waals surface area contributed by atoms with E-state index >= 15 is 0 Å². The van der Waals surface area contributed by atoms with E-state index in [0.717, 1.165) is 43.9 Å². The van der Waals surface area contributed by atoms with Crippen molar-refractivity contribution in [2.45, 2.75) is 38.3 Å². The first kappa shape index (κ1) is 22.7. The van der Waals surface area contributed by atoms with Gasteiger partial charge in [0.25, 0.3) is 0 Å². The van der Waals surface area contributed by atoms with Crippen molar-refractivity contribution in [3.8, 4) is 17.4 Å². The Morgan fingerprint density at radius 2 is 1.91 bits per heavy atom. The predicted octanol–water partition coefficient (Wildman–Crippen LogP) is 3.13. The summed E-state index contributed by atoms with van der Waals surface area (Å²) in [6.45, 7) is 6.73. The van der Waals surface area contributed by atoms with Gasteiger partial charge in [-0.3, -0.25) is 9.97 Å². The number of hydrogen-bond acceptors (Lipinski definition) is 8. The second kappa shape index (κ2) is 9.68. The van der Waals surface area contributed by atoms with Crippen molar-refractivity contribution in [3.63, 3.8) is 0 Å². The molecule has 9 heteroatoms. The second-order valence-electron chi connectivity index (χ2n) is 9.13. The van der Waals surface area contributed by atoms with Crippen LogP contribution in [0.2, 0.25) is 0 Å². The second-order valence-corrected chi connectivity index (χ2v) is 9.13. The molecule has 0 radical (unpaired) electrons. The van der Waals surface area contributed by atoms with Crippen LogP contribution >= 0.6 is 0 Å². The monoisotopic (exact) mass is 467 g/mol. The van der Waals surface area contributed by atoms with Crippen molar-refractivity contribution >= 4 is 11.0 Å². The largest absolute Gasteiger partial charge is 0.486 e. The molecule has 0 atom stereocenters. The number of halogens is 1. The molecule has 180 valence electrons. The Morgan fingerprint density at radius 1 is 1.12 bits per heavy atom. The molecule has 1 N–H and O–H groups in total. The van der Waals surface area contributed by atoms with E-state index in [4.69, 9.17) is 14.2 Å². The number of pyridine rings is 3. The Hall–Kier alpha value is -3.04. The third-order valence-electron chi connectivity index (χ3n) is 6.77. The number of piperidine rings is 1. The van der Waals surface area contributed by atoms with E-state index in [1.54, 1.807) is 19.4 Å². The lowest BCUT2D eigenvalue weighted by Gasteiger charge is -2.40. The summed E-state index contributed by atoms with van der Waals surface area (Å²) in [6.07, 6.45) is 5.61. The lowest BCUT2D eigenvalue weighted by molar-refractivity contribution is 0.145. The summed E-state index contributed by atoms with van der Waals surface area (Å²) in [7, 11) is 1.56. The average Bonchev–Trinajstić information content (AvgIpc) is 2.87. The number of rotatable bonds is 7. The topological polar surface area (TPSA) is 81.6 Å². The number of likely N-dealkylation sites (tertiary alicyclic amines) is 1. The van der Waals surface area contributed by atoms with Crippen molar-refractivity contribution in [1.29, 1.82) is 0 Å². The van der Waals surface area contributed by atoms with Gasteiger partial charge in [-0.1, -0.05) is 0 Å². The minimum absolute atomic E-state index is 0.0228. The van der Waals surface area contributed by atoms with Gasteiger partial charge in [-0.2, -0.15) is 0 Å². The van der Waals surface area contributed by atoms with Gasteiger partial charge in [0.15, 0.2) is 11.5 Å². The van der Waals surface area contributed by atoms with Crippen LogP contribution in [-0.4, -0.2) is 65.3 Å². The number of nitrogens with zero attached hydrogens (tertiary/aromatic N) is 4. The molecule has 0 unspecified atom stereocenters. The summed E-state index contributed by atoms with van der Waals surface area (Å²) in [5.74, 6) is 1.62. The summed E-state index contributed by atoms with van der Waals surface area (Å²) < 4.78 is 31.0. The molecule has 2 aliphatic heterocycles. The van der Waals surface area contributed by atoms with Gasteiger partial charge < -0.3 is 24.4 Å². The fourth-order valence-electron chi connectivity index (χ4n) is 4.54. The summed E-state index contributed by atoms with van der Waals surface area (Å²) in [5.41, 5.74) is 2.82. The van der Waals surface area contributed by atoms with Crippen molar-refractivity contribution in [2.24, 2.45) is 0 Å². The predicted molar refractivity (Wildman–Crippen MR) is 126 cm³/mol. The maximum absolute atomic E-state index is 14.6. The summed E-state index contributed by atoms with van der Waals surface area (Å²) in [6, 6.07) is 5.52. The quantitative estimate of drug-likeness (QED) is 0.568. The van der Waals surface area contributed by atoms with Gasteiger partial charge in [0.2, 0.25) is 5.88 Å². The first-order chi connectivity index (χ1) is 16.5. The van der Waals surface area contributed by atoms with Crippen molar-refractivity contribution < 1.29 is 18.6 Å². The summed E-state index contributed by atoms with van der Waals surface area (Å²) in [4.78, 5) is 15.5. The molecule has 8 nitrogen and oxygen atoms in total. The van der Waals surface area contributed by atoms with Crippen LogP contribution in [0.15, 0.2) is 30.6 Å². The van der Waals surface area contributed by atoms with E-state index in [-0.39, 0.29) is 11.4 Å². The fraction of sp³-hybridized carbons (Fsp3) is 0.480. The molecular weight excluding hydrogens is 437 g/mol. The molecule has 0 aliphatic carbocycles. The van der Waals surface area contributed by atoms with E-state index in [9.17, 15) is 4.39 Å². The minimum Gasteiger partial charge on any atom is -0.486 e. The van der Waals surface area contributed by atoms with Crippen LogP contribution in [0.3, 0.4) is 0 Å². The molecule has 2 aliphatic rings. The highest BCUT2D eigenvalue weighted by Crippen LogP contribution is 2.30. The van der Waals surface area contributed by atoms with Gasteiger partial charge in [0.1, 0.15) is 19.0 Å². The molecule has 1 fully saturated rings. The first-order valence-electron chi connectivity index (χ1n) is 11.7. The average molecular weight is 468 g/mol. The highest BCUT2D eigenvalue weighted by atomic mass is 19.1. The first-order valence-corrected chi connectivity index (χ1v) is 11.7. The standard InChI is InChI=1S/C25H30FN5O3/c1-25(29-14-17-13-21-22(16-27-17)34-12-11-33-21)6-9-31(10-7-25)8-5-18-19(26)15-28-20-3-4-23(32-2)30-24(18)20/h3-4,13,15-16,29H,5-12,14H2,1-2H3. The Kier molecular flexibility index (Phi) is 6.47. The van der Waals surface area contributed by atoms with Gasteiger partial charge in [-0.25, -0.2) is 9.37 Å². The van der Waals surface area contributed by atoms with Gasteiger partial charge in [-0.05, 0) is 45.3 Å². The van der Waals surface area contributed by atoms with Gasteiger partial charge in [0, 0.05) is 36.3 Å². The van der Waals surface area contributed by atoms with Crippen molar-refractivity contribution in [3.05, 3.63) is 47.7 Å². The lowest BCUT2D eigenvalue weighted by Crippen LogP contribution is -2.51. The Balaban J connectivity index is 1.16. The Labute approximate surface area is 198 Å². The van der Waals surface area contributed by atoms with Crippen LogP contribution < -0.4 is 19.5 Å². The molecule has 0 saturated carbocycles. The number of nitrogens with one attached hydrogen (secondary N) is 1. The van der Waals surface area contributed by atoms with Crippen LogP contribution in [0.4, 0.5) is 4.39 Å². The molecular formula is C25H30FN5O3. The fourth-order valence-corrected chi connectivity index (χ4v) is 4.54. The highest BCUT2D eigenvalue weighted by Gasteiger charge is 2.30. The molecule has 0 amide bonds. The summed E-state index contributed by atoms with van der Waals surface area (Å²) >= 11 is 0. The van der Waals surface area contributed by atoms with Crippen molar-refractivity contribution in [1.82, 2.24) is 25.2 Å². The number of methoxy groups -OCH3 is 1. The third kappa shape index (κ3) is 4.90. The molecule has 3 aromatic heterocycles. The zero-order valence-electron chi connectivity index (χ0n) is 19.6. The highest BCUT2D eigenvalue weighted by molar-refractivity contribution is 5.78. The van der Waals surface area contributed by atoms with Crippen LogP contribution in [0.25, 0.3) is 11.0 Å². The molecule has 0 aromatic carbocycles. The van der Waals surface area contributed by atoms with E-state index in [0.29, 0.717) is 54.4 Å². The van der Waals surface area contributed by atoms with E-state index in [1.807, 2.05) is 12.1 Å². The zero-order valence-corrected chi connectivity index (χ0v) is 19.6. The Bertz CT molecular complexity index is 1170. The maximum atomic E-state index is 14.6. The smallest absolute Gasteiger partial charge is 0.213 e. The lowest BCUT2D eigenvalue weighted by atomic mass is 9.89. The van der Waals surface area contributed by atoms with Gasteiger partial charge in [-0.15, -0.1) is 0 Å². The van der Waals surface area contributed by atoms with E-state index < -0.39 is 0 Å². The van der Waals surface area contributed by atoms with Crippen LogP contribution in [0, 0.1) is 5.82 Å². The van der Waals surface area contributed by atoms with Crippen molar-refractivity contribution in [2.75, 3.05) is 40.0 Å². The molecule has 0 bridgehead atoms. The van der Waals surface area contributed by atoms with Gasteiger partial charge in [0.05, 0.1) is 36.2 Å². The Morgan fingerprint density at radius 3 is 2.71 bits per heavy atom. The summed E-state index contributed by atoms with van der Waals surface area (Å²) in [5, 5.41) is 3.68. The van der Waals surface area contributed by atoms with Crippen LogP contribution in [-0.2, 0) is 13.0 Å². The molecule has 1 saturated heterocycles. The number of fused-ring (bicyclic) bond motifs is 2. The molecule has 5 rings (SSSR count). The van der Waals surface area contributed by atoms with Crippen LogP contribution in [0.1, 0.15) is 31.0 Å². The number of ether oxygens (including phenoxy) is 3. The van der Waals surface area contributed by atoms with E-state index in [1.165, 1.54) is 6.20 Å². The minimum atomic E-state index is -0.316. The van der Waals surface area contributed by atoms with Crippen LogP contribution in [0.5, 0.6) is 17.4 Å². The zero-order chi connectivity index (χ0) is 23.5. The molecule has 5 heterocycles. The van der Waals surface area contributed by atoms with E-state index in [2.05, 4.69) is 32.1 Å². The maximum Gasteiger partial charge on any atom is 0.213 e. The molecule has 34 heavy (non-hydrogen) atoms. The third-order valence-corrected chi connectivity index (χ3v) is 6.77.